The molecule has 0 aromatic carbocycles. The van der Waals surface area contributed by atoms with E-state index in [-0.39, 0.29) is 19.1 Å². The molecule has 0 saturated carbocycles. The number of aliphatic hydroxyl groups is 1. The molecular formula is C22H35NO3. The van der Waals surface area contributed by atoms with E-state index in [1.54, 1.807) is 12.2 Å². The van der Waals surface area contributed by atoms with Crippen LogP contribution in [0.5, 0.6) is 0 Å². The summed E-state index contributed by atoms with van der Waals surface area (Å²) in [6.07, 6.45) is 26.0. The number of carbonyl (C=O) groups excluding carboxylic acids is 1. The zero-order chi connectivity index (χ0) is 18.9. The highest BCUT2D eigenvalue weighted by atomic mass is 16.6. The van der Waals surface area contributed by atoms with Gasteiger partial charge in [0.25, 0.3) is 0 Å². The van der Waals surface area contributed by atoms with Crippen molar-refractivity contribution in [2.75, 3.05) is 13.2 Å². The van der Waals surface area contributed by atoms with Gasteiger partial charge >= 0.3 is 0 Å². The minimum atomic E-state index is -0.198. The van der Waals surface area contributed by atoms with Gasteiger partial charge in [0, 0.05) is 12.6 Å². The fourth-order valence-electron chi connectivity index (χ4n) is 2.70. The number of epoxide rings is 1. The molecule has 0 aliphatic carbocycles. The topological polar surface area (TPSA) is 61.9 Å². The quantitative estimate of drug-likeness (QED) is 0.199. The Labute approximate surface area is 158 Å². The molecule has 2 unspecified atom stereocenters. The first-order valence-corrected chi connectivity index (χ1v) is 9.98. The summed E-state index contributed by atoms with van der Waals surface area (Å²) in [5, 5.41) is 11.1. The van der Waals surface area contributed by atoms with Crippen LogP contribution in [0.25, 0.3) is 0 Å². The van der Waals surface area contributed by atoms with Crippen LogP contribution < -0.4 is 5.32 Å². The van der Waals surface area contributed by atoms with Crippen LogP contribution >= 0.6 is 0 Å². The van der Waals surface area contributed by atoms with Gasteiger partial charge in [-0.3, -0.25) is 4.79 Å². The van der Waals surface area contributed by atoms with Crippen molar-refractivity contribution in [3.8, 4) is 0 Å². The minimum Gasteiger partial charge on any atom is -0.395 e. The van der Waals surface area contributed by atoms with Gasteiger partial charge in [0.1, 0.15) is 0 Å². The molecule has 26 heavy (non-hydrogen) atoms. The van der Waals surface area contributed by atoms with Crippen molar-refractivity contribution in [2.45, 2.75) is 70.5 Å². The predicted octanol–water partition coefficient (Wildman–Crippen LogP) is 4.23. The molecule has 4 nitrogen and oxygen atoms in total. The summed E-state index contributed by atoms with van der Waals surface area (Å²) in [4.78, 5) is 11.2. The largest absolute Gasteiger partial charge is 0.395 e. The lowest BCUT2D eigenvalue weighted by atomic mass is 10.1. The van der Waals surface area contributed by atoms with E-state index in [0.717, 1.165) is 6.42 Å². The lowest BCUT2D eigenvalue weighted by Crippen LogP contribution is -2.24. The van der Waals surface area contributed by atoms with Crippen LogP contribution in [0.1, 0.15) is 58.3 Å². The molecule has 146 valence electrons. The number of hydrogen-bond donors (Lipinski definition) is 2. The number of nitrogens with one attached hydrogen (secondary N) is 1. The Morgan fingerprint density at radius 3 is 2.31 bits per heavy atom. The Kier molecular flexibility index (Phi) is 13.4. The Morgan fingerprint density at radius 1 is 0.962 bits per heavy atom. The molecular weight excluding hydrogens is 326 g/mol. The second kappa shape index (κ2) is 15.6. The van der Waals surface area contributed by atoms with E-state index in [0.29, 0.717) is 12.2 Å². The van der Waals surface area contributed by atoms with Crippen molar-refractivity contribution in [3.63, 3.8) is 0 Å². The Hall–Kier alpha value is -1.65. The third-order valence-corrected chi connectivity index (χ3v) is 4.24. The first-order chi connectivity index (χ1) is 12.8. The Morgan fingerprint density at radius 2 is 1.62 bits per heavy atom. The van der Waals surface area contributed by atoms with Gasteiger partial charge in [-0.1, -0.05) is 75.1 Å². The van der Waals surface area contributed by atoms with Crippen LogP contribution in [0, 0.1) is 0 Å². The number of unbranched alkanes of at least 4 members (excludes halogenated alkanes) is 4. The summed E-state index contributed by atoms with van der Waals surface area (Å²) in [6.45, 7) is 2.48. The summed E-state index contributed by atoms with van der Waals surface area (Å²) in [7, 11) is 0. The number of hydrogen-bond acceptors (Lipinski definition) is 3. The number of aliphatic hydroxyl groups excluding tert-OH is 1. The molecule has 1 aliphatic rings. The molecule has 4 heteroatoms. The van der Waals surface area contributed by atoms with Crippen molar-refractivity contribution in [1.29, 1.82) is 0 Å². The average molecular weight is 362 g/mol. The highest BCUT2D eigenvalue weighted by molar-refractivity contribution is 5.87. The smallest absolute Gasteiger partial charge is 0.244 e. The van der Waals surface area contributed by atoms with Gasteiger partial charge < -0.3 is 15.2 Å². The number of rotatable bonds is 15. The van der Waals surface area contributed by atoms with Crippen molar-refractivity contribution in [3.05, 3.63) is 48.6 Å². The van der Waals surface area contributed by atoms with E-state index >= 15 is 0 Å². The third-order valence-electron chi connectivity index (χ3n) is 4.24. The standard InChI is InChI=1S/C22H35NO3/c1-2-3-12-15-20-21(26-20)16-13-10-8-6-4-5-7-9-11-14-17-22(25)23-18-19-24/h4-7,9,11,14,17,20-21,24H,2-3,8,10,12-13,15-16,18-19H2,1H3,(H,23,25). The fourth-order valence-corrected chi connectivity index (χ4v) is 2.70. The van der Waals surface area contributed by atoms with Crippen LogP contribution in [0.4, 0.5) is 0 Å². The van der Waals surface area contributed by atoms with Crippen LogP contribution in [0.3, 0.4) is 0 Å². The maximum atomic E-state index is 11.2. The van der Waals surface area contributed by atoms with E-state index < -0.39 is 0 Å². The summed E-state index contributed by atoms with van der Waals surface area (Å²) in [5.41, 5.74) is 0. The first kappa shape index (κ1) is 22.4. The Balaban J connectivity index is 1.94. The van der Waals surface area contributed by atoms with Gasteiger partial charge in [-0.15, -0.1) is 0 Å². The molecule has 0 aromatic rings. The second-order valence-electron chi connectivity index (χ2n) is 6.56. The molecule has 1 saturated heterocycles. The lowest BCUT2D eigenvalue weighted by molar-refractivity contribution is -0.116. The average Bonchev–Trinajstić information content (AvgIpc) is 3.39. The van der Waals surface area contributed by atoms with E-state index in [1.807, 2.05) is 18.2 Å². The van der Waals surface area contributed by atoms with Gasteiger partial charge in [0.15, 0.2) is 0 Å². The van der Waals surface area contributed by atoms with Crippen LogP contribution in [-0.4, -0.2) is 36.4 Å². The van der Waals surface area contributed by atoms with Crippen molar-refractivity contribution < 1.29 is 14.6 Å². The molecule has 2 atom stereocenters. The fraction of sp³-hybridized carbons (Fsp3) is 0.591. The van der Waals surface area contributed by atoms with Gasteiger partial charge in [-0.05, 0) is 25.7 Å². The highest BCUT2D eigenvalue weighted by Gasteiger charge is 2.36. The lowest BCUT2D eigenvalue weighted by Gasteiger charge is -1.96. The first-order valence-electron chi connectivity index (χ1n) is 9.98. The van der Waals surface area contributed by atoms with Crippen LogP contribution in [0.2, 0.25) is 0 Å². The number of carbonyl (C=O) groups is 1. The van der Waals surface area contributed by atoms with E-state index in [2.05, 4.69) is 24.4 Å². The third kappa shape index (κ3) is 12.7. The van der Waals surface area contributed by atoms with Crippen LogP contribution in [0.15, 0.2) is 48.6 Å². The molecule has 0 aromatic heterocycles. The van der Waals surface area contributed by atoms with E-state index in [1.165, 1.54) is 51.0 Å². The van der Waals surface area contributed by atoms with Gasteiger partial charge in [0.2, 0.25) is 5.91 Å². The molecule has 0 radical (unpaired) electrons. The predicted molar refractivity (Wildman–Crippen MR) is 108 cm³/mol. The van der Waals surface area contributed by atoms with Crippen LogP contribution in [-0.2, 0) is 9.53 Å². The van der Waals surface area contributed by atoms with Crippen molar-refractivity contribution in [2.24, 2.45) is 0 Å². The molecule has 1 amide bonds. The molecule has 0 bridgehead atoms. The summed E-state index contributed by atoms with van der Waals surface area (Å²) >= 11 is 0. The molecule has 1 fully saturated rings. The number of ether oxygens (including phenoxy) is 1. The van der Waals surface area contributed by atoms with Gasteiger partial charge in [0.05, 0.1) is 18.8 Å². The van der Waals surface area contributed by atoms with Gasteiger partial charge in [-0.25, -0.2) is 0 Å². The second-order valence-corrected chi connectivity index (χ2v) is 6.56. The van der Waals surface area contributed by atoms with Gasteiger partial charge in [-0.2, -0.15) is 0 Å². The normalized spacial score (nSPS) is 20.1. The summed E-state index contributed by atoms with van der Waals surface area (Å²) in [5.74, 6) is -0.198. The maximum Gasteiger partial charge on any atom is 0.244 e. The molecule has 1 rings (SSSR count). The summed E-state index contributed by atoms with van der Waals surface area (Å²) in [6, 6.07) is 0. The molecule has 1 aliphatic heterocycles. The zero-order valence-corrected chi connectivity index (χ0v) is 16.1. The highest BCUT2D eigenvalue weighted by Crippen LogP contribution is 2.31. The van der Waals surface area contributed by atoms with Crippen molar-refractivity contribution >= 4 is 5.91 Å². The number of allylic oxidation sites excluding steroid dienone is 7. The molecule has 0 spiro atoms. The van der Waals surface area contributed by atoms with E-state index in [9.17, 15) is 4.79 Å². The molecule has 2 N–H and O–H groups in total. The SMILES string of the molecule is CCCCCC1OC1CCCCC=CC=CC=CC=CC(=O)NCCO. The van der Waals surface area contributed by atoms with Crippen molar-refractivity contribution in [1.82, 2.24) is 5.32 Å². The van der Waals surface area contributed by atoms with E-state index in [4.69, 9.17) is 9.84 Å². The zero-order valence-electron chi connectivity index (χ0n) is 16.1. The molecule has 1 heterocycles. The maximum absolute atomic E-state index is 11.2. The monoisotopic (exact) mass is 361 g/mol. The minimum absolute atomic E-state index is 0.0432. The Bertz CT molecular complexity index is 480. The number of amides is 1. The summed E-state index contributed by atoms with van der Waals surface area (Å²) < 4.78 is 5.71.